The van der Waals surface area contributed by atoms with Crippen LogP contribution in [0.25, 0.3) is 0 Å². The molecule has 2 atom stereocenters. The van der Waals surface area contributed by atoms with Gasteiger partial charge in [0.15, 0.2) is 0 Å². The molecule has 0 amide bonds. The standard InChI is InChI=1S/C16H23ClFN/c1-4-6-13(11(2)19(3)12-9-10-12)14-7-5-8-15(17)16(14)18/h5,7-8,11-13H,4,6,9-10H2,1-3H3. The number of hydrogen-bond donors (Lipinski definition) is 0. The Labute approximate surface area is 120 Å². The molecule has 1 nitrogen and oxygen atoms in total. The molecule has 106 valence electrons. The first-order chi connectivity index (χ1) is 9.06. The second-order valence-corrected chi connectivity index (χ2v) is 6.08. The van der Waals surface area contributed by atoms with Gasteiger partial charge in [0.25, 0.3) is 0 Å². The summed E-state index contributed by atoms with van der Waals surface area (Å²) in [5.41, 5.74) is 0.773. The minimum atomic E-state index is -0.237. The van der Waals surface area contributed by atoms with Crippen molar-refractivity contribution in [1.29, 1.82) is 0 Å². The Balaban J connectivity index is 2.25. The largest absolute Gasteiger partial charge is 0.300 e. The van der Waals surface area contributed by atoms with Gasteiger partial charge in [-0.25, -0.2) is 4.39 Å². The third-order valence-electron chi connectivity index (χ3n) is 4.33. The Hall–Kier alpha value is -0.600. The van der Waals surface area contributed by atoms with Gasteiger partial charge in [0.1, 0.15) is 5.82 Å². The van der Waals surface area contributed by atoms with Crippen LogP contribution in [0.5, 0.6) is 0 Å². The molecule has 0 N–H and O–H groups in total. The highest BCUT2D eigenvalue weighted by Gasteiger charge is 2.33. The van der Waals surface area contributed by atoms with E-state index in [1.807, 2.05) is 12.1 Å². The third kappa shape index (κ3) is 3.29. The number of hydrogen-bond acceptors (Lipinski definition) is 1. The second-order valence-electron chi connectivity index (χ2n) is 5.68. The fourth-order valence-electron chi connectivity index (χ4n) is 2.87. The number of likely N-dealkylation sites (N-methyl/N-ethyl adjacent to an activating group) is 1. The minimum absolute atomic E-state index is 0.217. The van der Waals surface area contributed by atoms with Gasteiger partial charge in [-0.15, -0.1) is 0 Å². The van der Waals surface area contributed by atoms with Crippen LogP contribution in [-0.2, 0) is 0 Å². The molecular weight excluding hydrogens is 261 g/mol. The maximum Gasteiger partial charge on any atom is 0.145 e. The van der Waals surface area contributed by atoms with E-state index in [1.165, 1.54) is 12.8 Å². The molecule has 0 aliphatic heterocycles. The van der Waals surface area contributed by atoms with Gasteiger partial charge in [-0.3, -0.25) is 0 Å². The zero-order chi connectivity index (χ0) is 14.0. The van der Waals surface area contributed by atoms with Crippen molar-refractivity contribution in [3.8, 4) is 0 Å². The van der Waals surface area contributed by atoms with Gasteiger partial charge in [-0.1, -0.05) is 37.1 Å². The average Bonchev–Trinajstić information content (AvgIpc) is 3.22. The Bertz CT molecular complexity index is 431. The molecule has 1 aliphatic carbocycles. The Morgan fingerprint density at radius 1 is 1.42 bits per heavy atom. The SMILES string of the molecule is CCCC(c1cccc(Cl)c1F)C(C)N(C)C1CC1. The van der Waals surface area contributed by atoms with E-state index in [1.54, 1.807) is 6.07 Å². The van der Waals surface area contributed by atoms with E-state index in [4.69, 9.17) is 11.6 Å². The maximum absolute atomic E-state index is 14.3. The lowest BCUT2D eigenvalue weighted by Gasteiger charge is -2.32. The molecule has 1 saturated carbocycles. The summed E-state index contributed by atoms with van der Waals surface area (Å²) in [6.45, 7) is 4.36. The Kier molecular flexibility index (Phi) is 4.86. The molecule has 2 unspecified atom stereocenters. The predicted octanol–water partition coefficient (Wildman–Crippen LogP) is 4.85. The Morgan fingerprint density at radius 3 is 2.68 bits per heavy atom. The lowest BCUT2D eigenvalue weighted by molar-refractivity contribution is 0.208. The zero-order valence-corrected chi connectivity index (χ0v) is 12.8. The van der Waals surface area contributed by atoms with E-state index in [9.17, 15) is 4.39 Å². The molecule has 0 spiro atoms. The number of rotatable bonds is 6. The highest BCUT2D eigenvalue weighted by Crippen LogP contribution is 2.36. The van der Waals surface area contributed by atoms with Gasteiger partial charge in [0, 0.05) is 18.0 Å². The van der Waals surface area contributed by atoms with Gasteiger partial charge in [-0.2, -0.15) is 0 Å². The smallest absolute Gasteiger partial charge is 0.145 e. The van der Waals surface area contributed by atoms with Crippen LogP contribution >= 0.6 is 11.6 Å². The average molecular weight is 284 g/mol. The fraction of sp³-hybridized carbons (Fsp3) is 0.625. The first kappa shape index (κ1) is 14.8. The summed E-state index contributed by atoms with van der Waals surface area (Å²) in [5, 5.41) is 0.236. The van der Waals surface area contributed by atoms with Gasteiger partial charge >= 0.3 is 0 Å². The van der Waals surface area contributed by atoms with Crippen molar-refractivity contribution in [2.45, 2.75) is 57.5 Å². The molecule has 0 bridgehead atoms. The summed E-state index contributed by atoms with van der Waals surface area (Å²) < 4.78 is 14.3. The molecule has 19 heavy (non-hydrogen) atoms. The molecule has 1 aromatic rings. The van der Waals surface area contributed by atoms with Crippen molar-refractivity contribution < 1.29 is 4.39 Å². The number of halogens is 2. The van der Waals surface area contributed by atoms with Gasteiger partial charge < -0.3 is 4.90 Å². The van der Waals surface area contributed by atoms with Crippen LogP contribution in [0.3, 0.4) is 0 Å². The minimum Gasteiger partial charge on any atom is -0.300 e. The molecule has 1 aliphatic rings. The third-order valence-corrected chi connectivity index (χ3v) is 4.62. The van der Waals surface area contributed by atoms with Crippen molar-refractivity contribution in [1.82, 2.24) is 4.90 Å². The van der Waals surface area contributed by atoms with Crippen molar-refractivity contribution >= 4 is 11.6 Å². The fourth-order valence-corrected chi connectivity index (χ4v) is 3.05. The first-order valence-electron chi connectivity index (χ1n) is 7.22. The van der Waals surface area contributed by atoms with Crippen LogP contribution in [-0.4, -0.2) is 24.0 Å². The summed E-state index contributed by atoms with van der Waals surface area (Å²) in [7, 11) is 2.16. The topological polar surface area (TPSA) is 3.24 Å². The van der Waals surface area contributed by atoms with Gasteiger partial charge in [0.05, 0.1) is 5.02 Å². The summed E-state index contributed by atoms with van der Waals surface area (Å²) in [4.78, 5) is 2.40. The van der Waals surface area contributed by atoms with Gasteiger partial charge in [-0.05, 0) is 44.9 Å². The van der Waals surface area contributed by atoms with E-state index in [2.05, 4.69) is 25.8 Å². The van der Waals surface area contributed by atoms with Gasteiger partial charge in [0.2, 0.25) is 0 Å². The molecule has 0 radical (unpaired) electrons. The lowest BCUT2D eigenvalue weighted by Crippen LogP contribution is -2.36. The molecule has 1 aromatic carbocycles. The summed E-state index contributed by atoms with van der Waals surface area (Å²) >= 11 is 5.93. The number of nitrogens with zero attached hydrogens (tertiary/aromatic N) is 1. The highest BCUT2D eigenvalue weighted by molar-refractivity contribution is 6.30. The monoisotopic (exact) mass is 283 g/mol. The second kappa shape index (κ2) is 6.23. The van der Waals surface area contributed by atoms with E-state index in [0.717, 1.165) is 18.4 Å². The molecular formula is C16H23ClFN. The van der Waals surface area contributed by atoms with Crippen LogP contribution in [0.1, 0.15) is 51.0 Å². The molecule has 2 rings (SSSR count). The summed E-state index contributed by atoms with van der Waals surface area (Å²) in [6, 6.07) is 6.40. The van der Waals surface area contributed by atoms with E-state index >= 15 is 0 Å². The van der Waals surface area contributed by atoms with Crippen LogP contribution in [0.2, 0.25) is 5.02 Å². The molecule has 0 heterocycles. The van der Waals surface area contributed by atoms with E-state index in [0.29, 0.717) is 12.1 Å². The van der Waals surface area contributed by atoms with Crippen LogP contribution in [0.15, 0.2) is 18.2 Å². The Morgan fingerprint density at radius 2 is 2.11 bits per heavy atom. The maximum atomic E-state index is 14.3. The molecule has 1 fully saturated rings. The highest BCUT2D eigenvalue weighted by atomic mass is 35.5. The normalized spacial score (nSPS) is 18.6. The van der Waals surface area contributed by atoms with Crippen molar-refractivity contribution in [3.05, 3.63) is 34.6 Å². The summed E-state index contributed by atoms with van der Waals surface area (Å²) in [6.07, 6.45) is 4.60. The molecule has 0 aromatic heterocycles. The van der Waals surface area contributed by atoms with Crippen LogP contribution in [0, 0.1) is 5.82 Å². The van der Waals surface area contributed by atoms with E-state index in [-0.39, 0.29) is 16.8 Å². The van der Waals surface area contributed by atoms with Crippen molar-refractivity contribution in [3.63, 3.8) is 0 Å². The lowest BCUT2D eigenvalue weighted by atomic mass is 9.87. The zero-order valence-electron chi connectivity index (χ0n) is 12.0. The molecule has 3 heteroatoms. The number of benzene rings is 1. The summed E-state index contributed by atoms with van der Waals surface area (Å²) in [5.74, 6) is -0.0204. The van der Waals surface area contributed by atoms with Crippen molar-refractivity contribution in [2.24, 2.45) is 0 Å². The predicted molar refractivity (Wildman–Crippen MR) is 79.3 cm³/mol. The quantitative estimate of drug-likeness (QED) is 0.722. The molecule has 0 saturated heterocycles. The van der Waals surface area contributed by atoms with Crippen LogP contribution < -0.4 is 0 Å². The van der Waals surface area contributed by atoms with Crippen molar-refractivity contribution in [2.75, 3.05) is 7.05 Å². The van der Waals surface area contributed by atoms with E-state index < -0.39 is 0 Å². The first-order valence-corrected chi connectivity index (χ1v) is 7.59. The van der Waals surface area contributed by atoms with Crippen LogP contribution in [0.4, 0.5) is 4.39 Å².